The van der Waals surface area contributed by atoms with Gasteiger partial charge in [-0.1, -0.05) is 0 Å². The van der Waals surface area contributed by atoms with Crippen LogP contribution in [0, 0.1) is 12.8 Å². The number of hydrogen-bond acceptors (Lipinski definition) is 3. The summed E-state index contributed by atoms with van der Waals surface area (Å²) >= 11 is 3.44. The van der Waals surface area contributed by atoms with E-state index < -0.39 is 0 Å². The van der Waals surface area contributed by atoms with E-state index in [2.05, 4.69) is 31.9 Å². The monoisotopic (exact) mass is 297 g/mol. The van der Waals surface area contributed by atoms with E-state index in [0.717, 1.165) is 36.2 Å². The van der Waals surface area contributed by atoms with Crippen molar-refractivity contribution in [3.63, 3.8) is 0 Å². The van der Waals surface area contributed by atoms with Gasteiger partial charge in [-0.2, -0.15) is 0 Å². The van der Waals surface area contributed by atoms with Crippen molar-refractivity contribution in [3.8, 4) is 0 Å². The summed E-state index contributed by atoms with van der Waals surface area (Å²) in [5.41, 5.74) is 6.49. The molecule has 0 bridgehead atoms. The van der Waals surface area contributed by atoms with Crippen molar-refractivity contribution in [3.05, 3.63) is 22.3 Å². The number of nitrogens with zero attached hydrogens (tertiary/aromatic N) is 2. The van der Waals surface area contributed by atoms with Crippen molar-refractivity contribution in [2.45, 2.75) is 19.8 Å². The van der Waals surface area contributed by atoms with E-state index in [1.54, 1.807) is 0 Å². The van der Waals surface area contributed by atoms with Crippen LogP contribution in [-0.2, 0) is 4.79 Å². The number of aromatic nitrogens is 1. The molecule has 5 heteroatoms. The van der Waals surface area contributed by atoms with E-state index in [4.69, 9.17) is 5.73 Å². The highest BCUT2D eigenvalue weighted by molar-refractivity contribution is 9.10. The van der Waals surface area contributed by atoms with E-state index in [9.17, 15) is 4.79 Å². The molecule has 1 aliphatic rings. The Hall–Kier alpha value is -1.10. The average molecular weight is 298 g/mol. The highest BCUT2D eigenvalue weighted by Gasteiger charge is 2.23. The molecule has 0 aromatic carbocycles. The van der Waals surface area contributed by atoms with Crippen molar-refractivity contribution in [1.82, 2.24) is 4.98 Å². The highest BCUT2D eigenvalue weighted by atomic mass is 79.9. The summed E-state index contributed by atoms with van der Waals surface area (Å²) in [5, 5.41) is 0. The lowest BCUT2D eigenvalue weighted by molar-refractivity contribution is -0.122. The number of halogens is 1. The molecule has 0 radical (unpaired) electrons. The van der Waals surface area contributed by atoms with Gasteiger partial charge in [-0.15, -0.1) is 0 Å². The average Bonchev–Trinajstić information content (AvgIpc) is 2.33. The Labute approximate surface area is 109 Å². The Balaban J connectivity index is 2.05. The van der Waals surface area contributed by atoms with Crippen LogP contribution in [0.15, 0.2) is 16.7 Å². The second-order valence-electron chi connectivity index (χ2n) is 4.46. The molecule has 0 spiro atoms. The number of primary amides is 1. The van der Waals surface area contributed by atoms with Gasteiger partial charge >= 0.3 is 0 Å². The van der Waals surface area contributed by atoms with Crippen LogP contribution >= 0.6 is 15.9 Å². The zero-order valence-corrected chi connectivity index (χ0v) is 11.4. The molecule has 2 N–H and O–H groups in total. The number of hydrogen-bond donors (Lipinski definition) is 1. The fourth-order valence-electron chi connectivity index (χ4n) is 2.09. The molecule has 4 nitrogen and oxygen atoms in total. The molecule has 17 heavy (non-hydrogen) atoms. The van der Waals surface area contributed by atoms with Gasteiger partial charge in [-0.25, -0.2) is 4.98 Å². The molecule has 0 atom stereocenters. The second-order valence-corrected chi connectivity index (χ2v) is 5.31. The first-order chi connectivity index (χ1) is 8.08. The first-order valence-electron chi connectivity index (χ1n) is 5.74. The number of carbonyl (C=O) groups is 1. The summed E-state index contributed by atoms with van der Waals surface area (Å²) in [6, 6.07) is 2.06. The molecule has 1 saturated heterocycles. The number of pyridine rings is 1. The van der Waals surface area contributed by atoms with Crippen LogP contribution in [0.25, 0.3) is 0 Å². The Bertz CT molecular complexity index is 428. The summed E-state index contributed by atoms with van der Waals surface area (Å²) in [6.07, 6.45) is 3.48. The van der Waals surface area contributed by atoms with Gasteiger partial charge in [0, 0.05) is 29.7 Å². The van der Waals surface area contributed by atoms with Gasteiger partial charge in [0.1, 0.15) is 5.82 Å². The van der Waals surface area contributed by atoms with E-state index in [1.807, 2.05) is 13.1 Å². The summed E-state index contributed by atoms with van der Waals surface area (Å²) in [7, 11) is 0. The molecule has 2 rings (SSSR count). The van der Waals surface area contributed by atoms with Crippen LogP contribution in [-0.4, -0.2) is 24.0 Å². The summed E-state index contributed by atoms with van der Waals surface area (Å²) in [4.78, 5) is 17.7. The van der Waals surface area contributed by atoms with Gasteiger partial charge in [-0.05, 0) is 47.3 Å². The van der Waals surface area contributed by atoms with E-state index in [-0.39, 0.29) is 11.8 Å². The molecule has 1 aromatic heterocycles. The zero-order chi connectivity index (χ0) is 12.4. The highest BCUT2D eigenvalue weighted by Crippen LogP contribution is 2.24. The summed E-state index contributed by atoms with van der Waals surface area (Å²) < 4.78 is 1.02. The van der Waals surface area contributed by atoms with Crippen LogP contribution in [0.4, 0.5) is 5.82 Å². The normalized spacial score (nSPS) is 17.2. The van der Waals surface area contributed by atoms with Crippen LogP contribution in [0.2, 0.25) is 0 Å². The van der Waals surface area contributed by atoms with Crippen LogP contribution in [0.3, 0.4) is 0 Å². The molecule has 92 valence electrons. The second kappa shape index (κ2) is 5.04. The molecule has 0 aliphatic carbocycles. The summed E-state index contributed by atoms with van der Waals surface area (Å²) in [6.45, 7) is 3.74. The predicted octanol–water partition coefficient (Wildman–Crippen LogP) is 1.85. The van der Waals surface area contributed by atoms with Crippen molar-refractivity contribution in [2.75, 3.05) is 18.0 Å². The van der Waals surface area contributed by atoms with Gasteiger partial charge in [0.05, 0.1) is 0 Å². The lowest BCUT2D eigenvalue weighted by Gasteiger charge is -2.31. The van der Waals surface area contributed by atoms with Gasteiger partial charge < -0.3 is 10.6 Å². The van der Waals surface area contributed by atoms with Crippen LogP contribution in [0.1, 0.15) is 18.4 Å². The first kappa shape index (κ1) is 12.4. The topological polar surface area (TPSA) is 59.2 Å². The maximum atomic E-state index is 11.1. The smallest absolute Gasteiger partial charge is 0.220 e. The summed E-state index contributed by atoms with van der Waals surface area (Å²) in [5.74, 6) is 0.834. The third kappa shape index (κ3) is 2.77. The van der Waals surface area contributed by atoms with Crippen molar-refractivity contribution >= 4 is 27.7 Å². The number of nitrogens with two attached hydrogens (primary N) is 1. The number of rotatable bonds is 2. The van der Waals surface area contributed by atoms with Gasteiger partial charge in [0.25, 0.3) is 0 Å². The van der Waals surface area contributed by atoms with Crippen molar-refractivity contribution < 1.29 is 4.79 Å². The maximum absolute atomic E-state index is 11.1. The number of anilines is 1. The van der Waals surface area contributed by atoms with Crippen LogP contribution in [0.5, 0.6) is 0 Å². The number of carbonyl (C=O) groups excluding carboxylic acids is 1. The number of amides is 1. The minimum Gasteiger partial charge on any atom is -0.369 e. The van der Waals surface area contributed by atoms with Crippen molar-refractivity contribution in [1.29, 1.82) is 0 Å². The van der Waals surface area contributed by atoms with Gasteiger partial charge in [0.2, 0.25) is 5.91 Å². The fourth-order valence-corrected chi connectivity index (χ4v) is 2.31. The third-order valence-electron chi connectivity index (χ3n) is 3.25. The first-order valence-corrected chi connectivity index (χ1v) is 6.53. The number of piperidine rings is 1. The molecular weight excluding hydrogens is 282 g/mol. The molecule has 0 saturated carbocycles. The Kier molecular flexibility index (Phi) is 3.66. The third-order valence-corrected chi connectivity index (χ3v) is 4.08. The van der Waals surface area contributed by atoms with E-state index in [1.165, 1.54) is 5.56 Å². The largest absolute Gasteiger partial charge is 0.369 e. The predicted molar refractivity (Wildman–Crippen MR) is 70.8 cm³/mol. The Morgan fingerprint density at radius 2 is 2.18 bits per heavy atom. The molecular formula is C12H16BrN3O. The SMILES string of the molecule is Cc1cc(N2CCC(C(N)=O)CC2)ncc1Br. The minimum atomic E-state index is -0.176. The Morgan fingerprint density at radius 3 is 2.71 bits per heavy atom. The lowest BCUT2D eigenvalue weighted by Crippen LogP contribution is -2.38. The van der Waals surface area contributed by atoms with Crippen molar-refractivity contribution in [2.24, 2.45) is 11.7 Å². The van der Waals surface area contributed by atoms with E-state index >= 15 is 0 Å². The lowest BCUT2D eigenvalue weighted by atomic mass is 9.96. The molecule has 1 fully saturated rings. The molecule has 1 aromatic rings. The standard InChI is InChI=1S/C12H16BrN3O/c1-8-6-11(15-7-10(8)13)16-4-2-9(3-5-16)12(14)17/h6-7,9H,2-5H2,1H3,(H2,14,17). The van der Waals surface area contributed by atoms with Crippen LogP contribution < -0.4 is 10.6 Å². The molecule has 0 unspecified atom stereocenters. The van der Waals surface area contributed by atoms with Gasteiger partial charge in [-0.3, -0.25) is 4.79 Å². The molecule has 1 aliphatic heterocycles. The van der Waals surface area contributed by atoms with E-state index in [0.29, 0.717) is 0 Å². The van der Waals surface area contributed by atoms with Gasteiger partial charge in [0.15, 0.2) is 0 Å². The molecule has 2 heterocycles. The minimum absolute atomic E-state index is 0.0304. The number of aryl methyl sites for hydroxylation is 1. The zero-order valence-electron chi connectivity index (χ0n) is 9.82. The molecule has 1 amide bonds. The fraction of sp³-hybridized carbons (Fsp3) is 0.500. The maximum Gasteiger partial charge on any atom is 0.220 e. The Morgan fingerprint density at radius 1 is 1.53 bits per heavy atom. The quantitative estimate of drug-likeness (QED) is 0.906.